The predicted molar refractivity (Wildman–Crippen MR) is 81.6 cm³/mol. The van der Waals surface area contributed by atoms with Gasteiger partial charge in [-0.2, -0.15) is 13.2 Å². The molecule has 1 saturated heterocycles. The summed E-state index contributed by atoms with van der Waals surface area (Å²) < 4.78 is 42.4. The fraction of sp³-hybridized carbons (Fsp3) is 0.500. The molecule has 1 aromatic carbocycles. The van der Waals surface area contributed by atoms with Gasteiger partial charge in [0.1, 0.15) is 0 Å². The first-order valence-corrected chi connectivity index (χ1v) is 7.57. The number of halogens is 3. The van der Waals surface area contributed by atoms with E-state index in [4.69, 9.17) is 0 Å². The average molecular weight is 344 g/mol. The van der Waals surface area contributed by atoms with Crippen LogP contribution in [0, 0.1) is 5.92 Å². The quantitative estimate of drug-likeness (QED) is 0.853. The number of carbonyl (C=O) groups is 2. The number of benzene rings is 1. The standard InChI is InChI=1S/C16H19F3N2O3/c1-24-15(23)11-2-4-13(5-3-11)20-14(22)10-21-8-6-12(7-9-21)16(17,18)19/h2-5,12H,6-10H2,1H3,(H,20,22). The second kappa shape index (κ2) is 7.65. The van der Waals surface area contributed by atoms with Gasteiger partial charge in [-0.3, -0.25) is 9.69 Å². The van der Waals surface area contributed by atoms with Crippen molar-refractivity contribution in [2.75, 3.05) is 32.1 Å². The van der Waals surface area contributed by atoms with E-state index in [9.17, 15) is 22.8 Å². The molecule has 5 nitrogen and oxygen atoms in total. The lowest BCUT2D eigenvalue weighted by molar-refractivity contribution is -0.184. The van der Waals surface area contributed by atoms with Crippen LogP contribution in [0.25, 0.3) is 0 Å². The molecule has 1 amide bonds. The minimum absolute atomic E-state index is 0.0185. The predicted octanol–water partition coefficient (Wildman–Crippen LogP) is 2.69. The summed E-state index contributed by atoms with van der Waals surface area (Å²) in [6.07, 6.45) is -4.12. The molecule has 0 saturated carbocycles. The smallest absolute Gasteiger partial charge is 0.391 e. The van der Waals surface area contributed by atoms with Gasteiger partial charge < -0.3 is 10.1 Å². The van der Waals surface area contributed by atoms with Crippen LogP contribution in [-0.4, -0.2) is 49.7 Å². The molecule has 8 heteroatoms. The Morgan fingerprint density at radius 3 is 2.29 bits per heavy atom. The van der Waals surface area contributed by atoms with Gasteiger partial charge in [0, 0.05) is 5.69 Å². The van der Waals surface area contributed by atoms with Gasteiger partial charge >= 0.3 is 12.1 Å². The number of likely N-dealkylation sites (tertiary alicyclic amines) is 1. The highest BCUT2D eigenvalue weighted by Crippen LogP contribution is 2.33. The Labute approximate surface area is 137 Å². The normalized spacial score (nSPS) is 16.7. The summed E-state index contributed by atoms with van der Waals surface area (Å²) in [5.41, 5.74) is 0.877. The first kappa shape index (κ1) is 18.3. The molecule has 1 heterocycles. The number of anilines is 1. The van der Waals surface area contributed by atoms with E-state index in [2.05, 4.69) is 10.1 Å². The van der Waals surface area contributed by atoms with Gasteiger partial charge in [-0.1, -0.05) is 0 Å². The molecule has 24 heavy (non-hydrogen) atoms. The number of nitrogens with zero attached hydrogens (tertiary/aromatic N) is 1. The number of amides is 1. The zero-order valence-corrected chi connectivity index (χ0v) is 13.2. The van der Waals surface area contributed by atoms with Crippen LogP contribution in [0.4, 0.5) is 18.9 Å². The first-order chi connectivity index (χ1) is 11.3. The van der Waals surface area contributed by atoms with E-state index in [0.717, 1.165) is 0 Å². The van der Waals surface area contributed by atoms with E-state index in [1.807, 2.05) is 0 Å². The zero-order chi connectivity index (χ0) is 17.7. The summed E-state index contributed by atoms with van der Waals surface area (Å²) in [6, 6.07) is 6.19. The molecule has 0 aliphatic carbocycles. The molecule has 0 unspecified atom stereocenters. The number of carbonyl (C=O) groups excluding carboxylic acids is 2. The molecule has 132 valence electrons. The molecule has 0 bridgehead atoms. The fourth-order valence-corrected chi connectivity index (χ4v) is 2.63. The van der Waals surface area contributed by atoms with E-state index >= 15 is 0 Å². The zero-order valence-electron chi connectivity index (χ0n) is 13.2. The van der Waals surface area contributed by atoms with Crippen LogP contribution in [0.2, 0.25) is 0 Å². The van der Waals surface area contributed by atoms with Crippen molar-refractivity contribution in [1.82, 2.24) is 4.90 Å². The van der Waals surface area contributed by atoms with Crippen molar-refractivity contribution in [3.8, 4) is 0 Å². The molecule has 0 aromatic heterocycles. The summed E-state index contributed by atoms with van der Waals surface area (Å²) in [6.45, 7) is 0.543. The number of ether oxygens (including phenoxy) is 1. The number of hydrogen-bond acceptors (Lipinski definition) is 4. The van der Waals surface area contributed by atoms with E-state index in [0.29, 0.717) is 11.3 Å². The highest BCUT2D eigenvalue weighted by atomic mass is 19.4. The topological polar surface area (TPSA) is 58.6 Å². The van der Waals surface area contributed by atoms with Crippen LogP contribution in [0.15, 0.2) is 24.3 Å². The second-order valence-electron chi connectivity index (χ2n) is 5.71. The molecule has 1 aromatic rings. The molecule has 0 spiro atoms. The average Bonchev–Trinajstić information content (AvgIpc) is 2.54. The minimum Gasteiger partial charge on any atom is -0.465 e. The van der Waals surface area contributed by atoms with Crippen LogP contribution in [0.1, 0.15) is 23.2 Å². The van der Waals surface area contributed by atoms with Crippen molar-refractivity contribution in [3.05, 3.63) is 29.8 Å². The van der Waals surface area contributed by atoms with Crippen molar-refractivity contribution in [3.63, 3.8) is 0 Å². The number of hydrogen-bond donors (Lipinski definition) is 1. The molecule has 0 atom stereocenters. The second-order valence-corrected chi connectivity index (χ2v) is 5.71. The number of piperidine rings is 1. The van der Waals surface area contributed by atoms with Gasteiger partial charge in [-0.05, 0) is 50.2 Å². The molecular formula is C16H19F3N2O3. The SMILES string of the molecule is COC(=O)c1ccc(NC(=O)CN2CCC(C(F)(F)F)CC2)cc1. The van der Waals surface area contributed by atoms with E-state index in [-0.39, 0.29) is 38.4 Å². The van der Waals surface area contributed by atoms with Crippen molar-refractivity contribution in [2.24, 2.45) is 5.92 Å². The lowest BCUT2D eigenvalue weighted by atomic mass is 9.96. The molecule has 1 N–H and O–H groups in total. The van der Waals surface area contributed by atoms with Gasteiger partial charge in [0.05, 0.1) is 25.1 Å². The minimum atomic E-state index is -4.16. The summed E-state index contributed by atoms with van der Waals surface area (Å²) in [4.78, 5) is 25.0. The van der Waals surface area contributed by atoms with E-state index < -0.39 is 18.1 Å². The fourth-order valence-electron chi connectivity index (χ4n) is 2.63. The third kappa shape index (κ3) is 4.95. The van der Waals surface area contributed by atoms with Crippen LogP contribution in [-0.2, 0) is 9.53 Å². The summed E-state index contributed by atoms with van der Waals surface area (Å²) in [5, 5.41) is 2.66. The summed E-state index contributed by atoms with van der Waals surface area (Å²) in [5.74, 6) is -2.05. The van der Waals surface area contributed by atoms with Crippen LogP contribution in [0.3, 0.4) is 0 Å². The van der Waals surface area contributed by atoms with Gasteiger partial charge in [0.2, 0.25) is 5.91 Å². The van der Waals surface area contributed by atoms with Gasteiger partial charge in [0.15, 0.2) is 0 Å². The third-order valence-electron chi connectivity index (χ3n) is 4.01. The highest BCUT2D eigenvalue weighted by molar-refractivity contribution is 5.93. The molecule has 1 aliphatic rings. The van der Waals surface area contributed by atoms with Crippen molar-refractivity contribution < 1.29 is 27.5 Å². The monoisotopic (exact) mass is 344 g/mol. The maximum Gasteiger partial charge on any atom is 0.391 e. The van der Waals surface area contributed by atoms with Crippen LogP contribution >= 0.6 is 0 Å². The van der Waals surface area contributed by atoms with Gasteiger partial charge in [-0.25, -0.2) is 4.79 Å². The van der Waals surface area contributed by atoms with Crippen molar-refractivity contribution in [2.45, 2.75) is 19.0 Å². The summed E-state index contributed by atoms with van der Waals surface area (Å²) >= 11 is 0. The Kier molecular flexibility index (Phi) is 5.82. The molecule has 2 rings (SSSR count). The highest BCUT2D eigenvalue weighted by Gasteiger charge is 2.41. The Hall–Kier alpha value is -2.09. The number of methoxy groups -OCH3 is 1. The number of rotatable bonds is 4. The molecular weight excluding hydrogens is 325 g/mol. The van der Waals surface area contributed by atoms with Gasteiger partial charge in [-0.15, -0.1) is 0 Å². The van der Waals surface area contributed by atoms with Crippen molar-refractivity contribution in [1.29, 1.82) is 0 Å². The van der Waals surface area contributed by atoms with Crippen LogP contribution < -0.4 is 5.32 Å². The number of alkyl halides is 3. The molecule has 1 aliphatic heterocycles. The Balaban J connectivity index is 1.81. The third-order valence-corrected chi connectivity index (χ3v) is 4.01. The Morgan fingerprint density at radius 1 is 1.21 bits per heavy atom. The maximum absolute atomic E-state index is 12.6. The Bertz CT molecular complexity index is 579. The van der Waals surface area contributed by atoms with Crippen LogP contribution in [0.5, 0.6) is 0 Å². The van der Waals surface area contributed by atoms with E-state index in [1.54, 1.807) is 17.0 Å². The van der Waals surface area contributed by atoms with Crippen molar-refractivity contribution >= 4 is 17.6 Å². The molecule has 0 radical (unpaired) electrons. The summed E-state index contributed by atoms with van der Waals surface area (Å²) in [7, 11) is 1.28. The van der Waals surface area contributed by atoms with E-state index in [1.165, 1.54) is 19.2 Å². The number of esters is 1. The van der Waals surface area contributed by atoms with Gasteiger partial charge in [0.25, 0.3) is 0 Å². The Morgan fingerprint density at radius 2 is 1.79 bits per heavy atom. The number of nitrogens with one attached hydrogen (secondary N) is 1. The lowest BCUT2D eigenvalue weighted by Crippen LogP contribution is -2.42. The maximum atomic E-state index is 12.6. The first-order valence-electron chi connectivity index (χ1n) is 7.57. The molecule has 1 fully saturated rings. The largest absolute Gasteiger partial charge is 0.465 e. The lowest BCUT2D eigenvalue weighted by Gasteiger charge is -2.32.